The van der Waals surface area contributed by atoms with Gasteiger partial charge >= 0.3 is 0 Å². The molecule has 2 heterocycles. The quantitative estimate of drug-likeness (QED) is 0.787. The van der Waals surface area contributed by atoms with Gasteiger partial charge in [0.15, 0.2) is 11.6 Å². The second-order valence-corrected chi connectivity index (χ2v) is 4.86. The number of rotatable bonds is 1. The molecule has 0 atom stereocenters. The first-order chi connectivity index (χ1) is 8.16. The zero-order valence-corrected chi connectivity index (χ0v) is 10.5. The topological polar surface area (TPSA) is 17.8 Å². The molecule has 1 aromatic heterocycles. The Labute approximate surface area is 105 Å². The van der Waals surface area contributed by atoms with Gasteiger partial charge in [0.25, 0.3) is 0 Å². The van der Waals surface area contributed by atoms with Crippen molar-refractivity contribution in [3.8, 4) is 11.3 Å². The first-order valence-electron chi connectivity index (χ1n) is 5.37. The molecule has 0 aliphatic carbocycles. The van der Waals surface area contributed by atoms with Crippen LogP contribution in [0.3, 0.4) is 0 Å². The Kier molecular flexibility index (Phi) is 2.50. The second-order valence-electron chi connectivity index (χ2n) is 4.06. The number of nitrogens with zero attached hydrogens (tertiary/aromatic N) is 2. The highest BCUT2D eigenvalue weighted by Gasteiger charge is 2.21. The van der Waals surface area contributed by atoms with E-state index in [4.69, 9.17) is 0 Å². The van der Waals surface area contributed by atoms with Gasteiger partial charge in [-0.1, -0.05) is 0 Å². The molecule has 88 valence electrons. The van der Waals surface area contributed by atoms with Gasteiger partial charge < -0.3 is 0 Å². The first kappa shape index (κ1) is 10.9. The van der Waals surface area contributed by atoms with E-state index in [0.717, 1.165) is 35.6 Å². The molecule has 0 spiro atoms. The normalized spacial score (nSPS) is 14.1. The maximum absolute atomic E-state index is 13.2. The van der Waals surface area contributed by atoms with Crippen LogP contribution in [-0.2, 0) is 13.0 Å². The minimum absolute atomic E-state index is 0.595. The van der Waals surface area contributed by atoms with Crippen LogP contribution in [-0.4, -0.2) is 9.78 Å². The fourth-order valence-corrected chi connectivity index (χ4v) is 2.83. The molecule has 2 nitrogen and oxygen atoms in total. The predicted octanol–water partition coefficient (Wildman–Crippen LogP) is 3.54. The van der Waals surface area contributed by atoms with Gasteiger partial charge in [0.05, 0.1) is 10.2 Å². The van der Waals surface area contributed by atoms with Gasteiger partial charge in [-0.15, -0.1) is 0 Å². The van der Waals surface area contributed by atoms with Crippen LogP contribution in [0.25, 0.3) is 11.3 Å². The van der Waals surface area contributed by atoms with Crippen LogP contribution < -0.4 is 0 Å². The molecule has 1 aliphatic rings. The zero-order chi connectivity index (χ0) is 12.0. The number of fused-ring (bicyclic) bond motifs is 1. The number of hydrogen-bond acceptors (Lipinski definition) is 1. The SMILES string of the molecule is Fc1ccc(-c2nn3c(c2Br)CCC3)cc1F. The minimum atomic E-state index is -0.845. The molecule has 0 saturated carbocycles. The van der Waals surface area contributed by atoms with Crippen molar-refractivity contribution in [3.63, 3.8) is 0 Å². The zero-order valence-electron chi connectivity index (χ0n) is 8.88. The van der Waals surface area contributed by atoms with Crippen LogP contribution in [0, 0.1) is 11.6 Å². The van der Waals surface area contributed by atoms with Gasteiger partial charge in [0.1, 0.15) is 5.69 Å². The van der Waals surface area contributed by atoms with Gasteiger partial charge in [-0.25, -0.2) is 8.78 Å². The summed E-state index contributed by atoms with van der Waals surface area (Å²) in [4.78, 5) is 0. The maximum atomic E-state index is 13.2. The summed E-state index contributed by atoms with van der Waals surface area (Å²) in [6, 6.07) is 3.85. The molecule has 0 amide bonds. The van der Waals surface area contributed by atoms with Gasteiger partial charge in [-0.2, -0.15) is 5.10 Å². The van der Waals surface area contributed by atoms with Gasteiger partial charge in [0, 0.05) is 12.1 Å². The molecule has 1 aromatic carbocycles. The summed E-state index contributed by atoms with van der Waals surface area (Å²) >= 11 is 3.48. The monoisotopic (exact) mass is 298 g/mol. The summed E-state index contributed by atoms with van der Waals surface area (Å²) in [5, 5.41) is 4.41. The molecule has 0 N–H and O–H groups in total. The van der Waals surface area contributed by atoms with Gasteiger partial charge in [-0.3, -0.25) is 4.68 Å². The smallest absolute Gasteiger partial charge is 0.159 e. The van der Waals surface area contributed by atoms with Crippen molar-refractivity contribution >= 4 is 15.9 Å². The van der Waals surface area contributed by atoms with Gasteiger partial charge in [0.2, 0.25) is 0 Å². The van der Waals surface area contributed by atoms with E-state index in [2.05, 4.69) is 21.0 Å². The highest BCUT2D eigenvalue weighted by atomic mass is 79.9. The third-order valence-corrected chi connectivity index (χ3v) is 3.80. The lowest BCUT2D eigenvalue weighted by Gasteiger charge is -2.00. The lowest BCUT2D eigenvalue weighted by Crippen LogP contribution is -1.94. The van der Waals surface area contributed by atoms with Crippen LogP contribution in [0.15, 0.2) is 22.7 Å². The van der Waals surface area contributed by atoms with E-state index in [-0.39, 0.29) is 0 Å². The Balaban J connectivity index is 2.12. The predicted molar refractivity (Wildman–Crippen MR) is 63.6 cm³/mol. The van der Waals surface area contributed by atoms with Crippen molar-refractivity contribution in [2.75, 3.05) is 0 Å². The molecule has 17 heavy (non-hydrogen) atoms. The average molecular weight is 299 g/mol. The van der Waals surface area contributed by atoms with Crippen LogP contribution in [0.5, 0.6) is 0 Å². The molecule has 3 rings (SSSR count). The highest BCUT2D eigenvalue weighted by molar-refractivity contribution is 9.10. The lowest BCUT2D eigenvalue weighted by molar-refractivity contribution is 0.509. The summed E-state index contributed by atoms with van der Waals surface area (Å²) in [6.45, 7) is 0.887. The van der Waals surface area contributed by atoms with Crippen LogP contribution in [0.2, 0.25) is 0 Å². The Hall–Kier alpha value is -1.23. The highest BCUT2D eigenvalue weighted by Crippen LogP contribution is 2.34. The summed E-state index contributed by atoms with van der Waals surface area (Å²) in [6.07, 6.45) is 2.05. The largest absolute Gasteiger partial charge is 0.268 e. The fraction of sp³-hybridized carbons (Fsp3) is 0.250. The van der Waals surface area contributed by atoms with E-state index in [1.165, 1.54) is 6.07 Å². The number of benzene rings is 1. The molecule has 0 unspecified atom stereocenters. The van der Waals surface area contributed by atoms with Crippen molar-refractivity contribution in [1.82, 2.24) is 9.78 Å². The summed E-state index contributed by atoms with van der Waals surface area (Å²) in [5.74, 6) is -1.68. The Morgan fingerprint density at radius 2 is 2.06 bits per heavy atom. The summed E-state index contributed by atoms with van der Waals surface area (Å²) in [7, 11) is 0. The van der Waals surface area contributed by atoms with Gasteiger partial charge in [-0.05, 0) is 47.0 Å². The molecular formula is C12H9BrF2N2. The standard InChI is InChI=1S/C12H9BrF2N2/c13-11-10-2-1-5-17(10)16-12(11)7-3-4-8(14)9(15)6-7/h3-4,6H,1-2,5H2. The van der Waals surface area contributed by atoms with Crippen LogP contribution in [0.4, 0.5) is 8.78 Å². The minimum Gasteiger partial charge on any atom is -0.268 e. The number of aryl methyl sites for hydroxylation is 1. The van der Waals surface area contributed by atoms with Crippen molar-refractivity contribution in [1.29, 1.82) is 0 Å². The van der Waals surface area contributed by atoms with E-state index >= 15 is 0 Å². The van der Waals surface area contributed by atoms with E-state index < -0.39 is 11.6 Å². The van der Waals surface area contributed by atoms with Crippen molar-refractivity contribution < 1.29 is 8.78 Å². The number of aromatic nitrogens is 2. The number of halogens is 3. The van der Waals surface area contributed by atoms with E-state index in [9.17, 15) is 8.78 Å². The first-order valence-corrected chi connectivity index (χ1v) is 6.16. The molecule has 0 bridgehead atoms. The Morgan fingerprint density at radius 3 is 2.76 bits per heavy atom. The average Bonchev–Trinajstić information content (AvgIpc) is 2.86. The molecule has 1 aliphatic heterocycles. The molecule has 0 saturated heterocycles. The van der Waals surface area contributed by atoms with Crippen molar-refractivity contribution in [2.45, 2.75) is 19.4 Å². The number of hydrogen-bond donors (Lipinski definition) is 0. The summed E-state index contributed by atoms with van der Waals surface area (Å²) < 4.78 is 28.8. The molecule has 0 fully saturated rings. The molecule has 5 heteroatoms. The molecular weight excluding hydrogens is 290 g/mol. The molecule has 2 aromatic rings. The van der Waals surface area contributed by atoms with E-state index in [1.54, 1.807) is 6.07 Å². The van der Waals surface area contributed by atoms with Crippen LogP contribution in [0.1, 0.15) is 12.1 Å². The Bertz CT molecular complexity index is 592. The third-order valence-electron chi connectivity index (χ3n) is 2.97. The molecule has 0 radical (unpaired) electrons. The lowest BCUT2D eigenvalue weighted by atomic mass is 10.1. The Morgan fingerprint density at radius 1 is 1.24 bits per heavy atom. The fourth-order valence-electron chi connectivity index (χ4n) is 2.12. The maximum Gasteiger partial charge on any atom is 0.159 e. The van der Waals surface area contributed by atoms with E-state index in [0.29, 0.717) is 11.3 Å². The van der Waals surface area contributed by atoms with Crippen LogP contribution >= 0.6 is 15.9 Å². The third kappa shape index (κ3) is 1.69. The van der Waals surface area contributed by atoms with Crippen molar-refractivity contribution in [2.24, 2.45) is 0 Å². The second kappa shape index (κ2) is 3.91. The van der Waals surface area contributed by atoms with E-state index in [1.807, 2.05) is 4.68 Å². The van der Waals surface area contributed by atoms with Crippen molar-refractivity contribution in [3.05, 3.63) is 40.0 Å². The summed E-state index contributed by atoms with van der Waals surface area (Å²) in [5.41, 5.74) is 2.40.